The van der Waals surface area contributed by atoms with Crippen LogP contribution in [0.4, 0.5) is 5.69 Å². The molecule has 22 heavy (non-hydrogen) atoms. The molecule has 2 atom stereocenters. The molecule has 1 N–H and O–H groups in total. The molecule has 1 aliphatic rings. The van der Waals surface area contributed by atoms with Crippen molar-refractivity contribution in [3.8, 4) is 5.75 Å². The van der Waals surface area contributed by atoms with E-state index in [1.165, 1.54) is 24.8 Å². The highest BCUT2D eigenvalue weighted by atomic mass is 16.5. The third kappa shape index (κ3) is 3.51. The quantitative estimate of drug-likeness (QED) is 0.765. The molecule has 0 heterocycles. The Labute approximate surface area is 132 Å². The zero-order chi connectivity index (χ0) is 15.2. The van der Waals surface area contributed by atoms with Gasteiger partial charge in [0.05, 0.1) is 13.2 Å². The first-order chi connectivity index (χ1) is 10.9. The average Bonchev–Trinajstić information content (AvgIpc) is 2.62. The van der Waals surface area contributed by atoms with Gasteiger partial charge in [0, 0.05) is 11.6 Å². The Kier molecular flexibility index (Phi) is 4.79. The highest BCUT2D eigenvalue weighted by molar-refractivity contribution is 5.48. The normalized spacial score (nSPS) is 18.7. The third-order valence-electron chi connectivity index (χ3n) is 4.29. The maximum absolute atomic E-state index is 5.24. The number of anilines is 1. The first kappa shape index (κ1) is 14.7. The largest absolute Gasteiger partial charge is 0.497 e. The van der Waals surface area contributed by atoms with Gasteiger partial charge in [-0.2, -0.15) is 0 Å². The van der Waals surface area contributed by atoms with E-state index < -0.39 is 0 Å². The molecule has 0 amide bonds. The highest BCUT2D eigenvalue weighted by Gasteiger charge is 2.22. The molecule has 0 aromatic heterocycles. The second-order valence-electron chi connectivity index (χ2n) is 5.78. The van der Waals surface area contributed by atoms with Gasteiger partial charge in [0.15, 0.2) is 0 Å². The minimum Gasteiger partial charge on any atom is -0.497 e. The third-order valence-corrected chi connectivity index (χ3v) is 4.29. The number of rotatable bonds is 5. The molecule has 114 valence electrons. The van der Waals surface area contributed by atoms with Crippen LogP contribution >= 0.6 is 0 Å². The molecule has 0 unspecified atom stereocenters. The maximum Gasteiger partial charge on any atom is 0.119 e. The van der Waals surface area contributed by atoms with E-state index in [1.54, 1.807) is 7.11 Å². The number of hydrogen-bond acceptors (Lipinski definition) is 2. The number of benzene rings is 2. The molecule has 0 saturated carbocycles. The summed E-state index contributed by atoms with van der Waals surface area (Å²) in [5, 5.41) is 3.71. The van der Waals surface area contributed by atoms with E-state index in [4.69, 9.17) is 4.74 Å². The van der Waals surface area contributed by atoms with E-state index in [9.17, 15) is 0 Å². The number of ether oxygens (including phenoxy) is 1. The van der Waals surface area contributed by atoms with E-state index in [1.807, 2.05) is 12.1 Å². The first-order valence-corrected chi connectivity index (χ1v) is 7.99. The van der Waals surface area contributed by atoms with Crippen LogP contribution in [0.2, 0.25) is 0 Å². The second-order valence-corrected chi connectivity index (χ2v) is 5.78. The molecule has 0 spiro atoms. The number of hydrogen-bond donors (Lipinski definition) is 1. The van der Waals surface area contributed by atoms with Crippen LogP contribution in [0.1, 0.15) is 30.9 Å². The number of methoxy groups -OCH3 is 1. The Morgan fingerprint density at radius 3 is 2.45 bits per heavy atom. The minimum absolute atomic E-state index is 0.311. The Hall–Kier alpha value is -2.22. The van der Waals surface area contributed by atoms with Crippen molar-refractivity contribution in [2.24, 2.45) is 5.92 Å². The first-order valence-electron chi connectivity index (χ1n) is 7.99. The Balaban J connectivity index is 1.84. The second kappa shape index (κ2) is 7.17. The van der Waals surface area contributed by atoms with E-state index in [-0.39, 0.29) is 0 Å². The molecule has 1 aliphatic carbocycles. The van der Waals surface area contributed by atoms with Gasteiger partial charge < -0.3 is 10.1 Å². The summed E-state index contributed by atoms with van der Waals surface area (Å²) in [7, 11) is 1.70. The minimum atomic E-state index is 0.311. The summed E-state index contributed by atoms with van der Waals surface area (Å²) in [6.45, 7) is 0. The Morgan fingerprint density at radius 2 is 1.82 bits per heavy atom. The van der Waals surface area contributed by atoms with Crippen LogP contribution in [0.25, 0.3) is 0 Å². The summed E-state index contributed by atoms with van der Waals surface area (Å²) in [4.78, 5) is 0. The summed E-state index contributed by atoms with van der Waals surface area (Å²) in [6, 6.07) is 19.2. The van der Waals surface area contributed by atoms with Gasteiger partial charge >= 0.3 is 0 Å². The zero-order valence-corrected chi connectivity index (χ0v) is 13.0. The summed E-state index contributed by atoms with van der Waals surface area (Å²) >= 11 is 0. The number of nitrogens with one attached hydrogen (secondary N) is 1. The molecule has 3 rings (SSSR count). The van der Waals surface area contributed by atoms with Crippen LogP contribution in [-0.2, 0) is 0 Å². The van der Waals surface area contributed by atoms with E-state index in [2.05, 4.69) is 59.9 Å². The molecular formula is C20H23NO. The smallest absolute Gasteiger partial charge is 0.119 e. The molecule has 2 nitrogen and oxygen atoms in total. The lowest BCUT2D eigenvalue weighted by atomic mass is 9.85. The maximum atomic E-state index is 5.24. The van der Waals surface area contributed by atoms with Gasteiger partial charge in [0.25, 0.3) is 0 Å². The van der Waals surface area contributed by atoms with Crippen LogP contribution in [0.3, 0.4) is 0 Å². The molecule has 2 aromatic carbocycles. The fourth-order valence-electron chi connectivity index (χ4n) is 3.08. The van der Waals surface area contributed by atoms with Gasteiger partial charge in [0.1, 0.15) is 5.75 Å². The lowest BCUT2D eigenvalue weighted by Gasteiger charge is -2.29. The molecule has 0 aliphatic heterocycles. The predicted octanol–water partition coefficient (Wildman–Crippen LogP) is 5.20. The van der Waals surface area contributed by atoms with Crippen LogP contribution in [0.15, 0.2) is 66.7 Å². The van der Waals surface area contributed by atoms with Crippen LogP contribution in [0, 0.1) is 5.92 Å². The van der Waals surface area contributed by atoms with Gasteiger partial charge in [-0.05, 0) is 49.1 Å². The fraction of sp³-hybridized carbons (Fsp3) is 0.300. The Bertz CT molecular complexity index is 603. The van der Waals surface area contributed by atoms with E-state index in [0.29, 0.717) is 12.0 Å². The Morgan fingerprint density at radius 1 is 1.05 bits per heavy atom. The van der Waals surface area contributed by atoms with Crippen molar-refractivity contribution in [3.63, 3.8) is 0 Å². The van der Waals surface area contributed by atoms with Crippen molar-refractivity contribution in [1.82, 2.24) is 0 Å². The summed E-state index contributed by atoms with van der Waals surface area (Å²) in [5.41, 5.74) is 2.48. The molecule has 0 fully saturated rings. The highest BCUT2D eigenvalue weighted by Crippen LogP contribution is 2.33. The van der Waals surface area contributed by atoms with Gasteiger partial charge in [-0.3, -0.25) is 0 Å². The standard InChI is InChI=1S/C20H23NO/c1-22-19-14-12-18(13-15-19)21-20(16-8-4-2-5-9-16)17-10-6-3-7-11-17/h2,4-6,8-10,12-15,17,20-21H,3,7,11H2,1H3/t17-,20-/m0/s1. The van der Waals surface area contributed by atoms with Crippen molar-refractivity contribution in [1.29, 1.82) is 0 Å². The predicted molar refractivity (Wildman–Crippen MR) is 92.3 cm³/mol. The van der Waals surface area contributed by atoms with E-state index >= 15 is 0 Å². The SMILES string of the molecule is COc1ccc(N[C@@H](c2ccccc2)[C@H]2C=CCCC2)cc1. The van der Waals surface area contributed by atoms with Gasteiger partial charge in [-0.1, -0.05) is 42.5 Å². The molecule has 0 bridgehead atoms. The summed E-state index contributed by atoms with van der Waals surface area (Å²) in [6.07, 6.45) is 8.41. The van der Waals surface area contributed by atoms with Crippen LogP contribution < -0.4 is 10.1 Å². The fourth-order valence-corrected chi connectivity index (χ4v) is 3.08. The number of allylic oxidation sites excluding steroid dienone is 1. The zero-order valence-electron chi connectivity index (χ0n) is 13.0. The van der Waals surface area contributed by atoms with Crippen molar-refractivity contribution in [3.05, 3.63) is 72.3 Å². The van der Waals surface area contributed by atoms with E-state index in [0.717, 1.165) is 11.4 Å². The van der Waals surface area contributed by atoms with Gasteiger partial charge in [-0.25, -0.2) is 0 Å². The van der Waals surface area contributed by atoms with Crippen molar-refractivity contribution in [2.45, 2.75) is 25.3 Å². The van der Waals surface area contributed by atoms with Gasteiger partial charge in [-0.15, -0.1) is 0 Å². The summed E-state index contributed by atoms with van der Waals surface area (Å²) in [5.74, 6) is 1.43. The lowest BCUT2D eigenvalue weighted by molar-refractivity contribution is 0.415. The average molecular weight is 293 g/mol. The molecule has 2 heteroatoms. The topological polar surface area (TPSA) is 21.3 Å². The molecular weight excluding hydrogens is 270 g/mol. The molecule has 2 aromatic rings. The van der Waals surface area contributed by atoms with Crippen LogP contribution in [-0.4, -0.2) is 7.11 Å². The summed E-state index contributed by atoms with van der Waals surface area (Å²) < 4.78 is 5.24. The van der Waals surface area contributed by atoms with Crippen molar-refractivity contribution >= 4 is 5.69 Å². The van der Waals surface area contributed by atoms with Gasteiger partial charge in [0.2, 0.25) is 0 Å². The monoisotopic (exact) mass is 293 g/mol. The molecule has 0 radical (unpaired) electrons. The lowest BCUT2D eigenvalue weighted by Crippen LogP contribution is -2.21. The van der Waals surface area contributed by atoms with Crippen molar-refractivity contribution in [2.75, 3.05) is 12.4 Å². The van der Waals surface area contributed by atoms with Crippen LogP contribution in [0.5, 0.6) is 5.75 Å². The van der Waals surface area contributed by atoms with Crippen molar-refractivity contribution < 1.29 is 4.74 Å². The molecule has 0 saturated heterocycles.